The van der Waals surface area contributed by atoms with Crippen LogP contribution < -0.4 is 4.74 Å². The molecule has 2 fully saturated rings. The molecule has 3 aromatic rings. The van der Waals surface area contributed by atoms with Gasteiger partial charge in [-0.15, -0.1) is 0 Å². The third-order valence-corrected chi connectivity index (χ3v) is 8.93. The number of carbonyl (C=O) groups excluding carboxylic acids is 3. The minimum absolute atomic E-state index is 0.0141. The van der Waals surface area contributed by atoms with E-state index in [-0.39, 0.29) is 23.0 Å². The van der Waals surface area contributed by atoms with E-state index in [0.29, 0.717) is 16.7 Å². The number of aromatic hydroxyl groups is 3. The SMILES string of the molecule is COc1cc(C=CC(=O)OCC2OC(COC(=O)C=Cc3ccc(O)cc3)(OC3OC(CO)C(O)C(O)C3O)C(O)C2OC(=O)C=Cc2ccc(O)cc2)ccc1O. The average Bonchev–Trinajstić information content (AvgIpc) is 3.47. The van der Waals surface area contributed by atoms with Gasteiger partial charge < -0.3 is 74.0 Å². The van der Waals surface area contributed by atoms with Crippen molar-refractivity contribution in [3.63, 3.8) is 0 Å². The van der Waals surface area contributed by atoms with Gasteiger partial charge in [0, 0.05) is 18.2 Å². The van der Waals surface area contributed by atoms with Gasteiger partial charge in [0.25, 0.3) is 0 Å². The van der Waals surface area contributed by atoms with Crippen LogP contribution >= 0.6 is 0 Å². The number of phenolic OH excluding ortho intramolecular Hbond substituents is 3. The molecule has 2 aliphatic heterocycles. The highest BCUT2D eigenvalue weighted by Crippen LogP contribution is 2.38. The highest BCUT2D eigenvalue weighted by molar-refractivity contribution is 5.88. The van der Waals surface area contributed by atoms with Crippen molar-refractivity contribution in [3.05, 3.63) is 102 Å². The zero-order chi connectivity index (χ0) is 42.0. The molecule has 9 unspecified atom stereocenters. The lowest BCUT2D eigenvalue weighted by Gasteiger charge is -2.43. The normalized spacial score (nSPS) is 27.2. The lowest BCUT2D eigenvalue weighted by molar-refractivity contribution is -0.383. The Morgan fingerprint density at radius 1 is 0.707 bits per heavy atom. The van der Waals surface area contributed by atoms with E-state index in [9.17, 15) is 55.2 Å². The molecular weight excluding hydrogens is 768 g/mol. The van der Waals surface area contributed by atoms with E-state index in [1.54, 1.807) is 0 Å². The third kappa shape index (κ3) is 11.0. The number of carbonyl (C=O) groups is 3. The van der Waals surface area contributed by atoms with Crippen LogP contribution in [0.5, 0.6) is 23.0 Å². The number of ether oxygens (including phenoxy) is 7. The van der Waals surface area contributed by atoms with Crippen LogP contribution in [0.3, 0.4) is 0 Å². The minimum Gasteiger partial charge on any atom is -0.508 e. The zero-order valence-corrected chi connectivity index (χ0v) is 30.7. The predicted molar refractivity (Wildman–Crippen MR) is 198 cm³/mol. The van der Waals surface area contributed by atoms with Crippen LogP contribution in [0.4, 0.5) is 0 Å². The first-order valence-corrected chi connectivity index (χ1v) is 17.6. The fourth-order valence-electron chi connectivity index (χ4n) is 5.80. The molecule has 0 spiro atoms. The van der Waals surface area contributed by atoms with Gasteiger partial charge in [-0.2, -0.15) is 0 Å². The van der Waals surface area contributed by atoms with Gasteiger partial charge in [-0.05, 0) is 71.3 Å². The number of phenols is 3. The molecule has 0 amide bonds. The van der Waals surface area contributed by atoms with Gasteiger partial charge in [0.2, 0.25) is 5.79 Å². The van der Waals surface area contributed by atoms with Gasteiger partial charge in [-0.25, -0.2) is 14.4 Å². The van der Waals surface area contributed by atoms with Crippen molar-refractivity contribution in [1.82, 2.24) is 0 Å². The van der Waals surface area contributed by atoms with E-state index in [1.165, 1.54) is 92.1 Å². The van der Waals surface area contributed by atoms with E-state index in [1.807, 2.05) is 0 Å². The van der Waals surface area contributed by atoms with Gasteiger partial charge in [0.1, 0.15) is 55.2 Å². The standard InChI is InChI=1S/C40H42O18/c1-52-28-18-24(6-14-27(28)44)9-16-31(45)53-20-30-37(56-33(47)17-8-23-4-12-26(43)13-5-23)38(51)40(57-30,58-39-36(50)35(49)34(48)29(19-41)55-39)21-54-32(46)15-7-22-2-10-25(42)11-3-22/h2-18,29-30,34-39,41-44,48-51H,19-21H2,1H3. The molecule has 18 nitrogen and oxygen atoms in total. The highest BCUT2D eigenvalue weighted by atomic mass is 16.8. The zero-order valence-electron chi connectivity index (χ0n) is 30.7. The van der Waals surface area contributed by atoms with Crippen molar-refractivity contribution in [2.24, 2.45) is 0 Å². The van der Waals surface area contributed by atoms with Crippen molar-refractivity contribution in [1.29, 1.82) is 0 Å². The van der Waals surface area contributed by atoms with Gasteiger partial charge in [0.15, 0.2) is 30.0 Å². The van der Waals surface area contributed by atoms with Crippen LogP contribution in [-0.2, 0) is 42.8 Å². The van der Waals surface area contributed by atoms with Crippen molar-refractivity contribution < 1.29 is 88.4 Å². The Bertz CT molecular complexity index is 1960. The fourth-order valence-corrected chi connectivity index (χ4v) is 5.80. The maximum absolute atomic E-state index is 13.1. The molecule has 2 saturated heterocycles. The van der Waals surface area contributed by atoms with E-state index >= 15 is 0 Å². The molecule has 5 rings (SSSR count). The Balaban J connectivity index is 1.42. The number of aliphatic hydroxyl groups is 5. The van der Waals surface area contributed by atoms with Crippen LogP contribution in [0, 0.1) is 0 Å². The van der Waals surface area contributed by atoms with Crippen LogP contribution in [-0.4, -0.2) is 140 Å². The van der Waals surface area contributed by atoms with E-state index in [4.69, 9.17) is 33.2 Å². The number of methoxy groups -OCH3 is 1. The molecule has 0 aromatic heterocycles. The quantitative estimate of drug-likeness (QED) is 0.0590. The van der Waals surface area contributed by atoms with Crippen LogP contribution in [0.25, 0.3) is 18.2 Å². The molecule has 310 valence electrons. The fraction of sp³-hybridized carbons (Fsp3) is 0.325. The Morgan fingerprint density at radius 2 is 1.26 bits per heavy atom. The maximum atomic E-state index is 13.1. The largest absolute Gasteiger partial charge is 0.508 e. The van der Waals surface area contributed by atoms with E-state index in [0.717, 1.165) is 18.2 Å². The Morgan fingerprint density at radius 3 is 1.84 bits per heavy atom. The second-order valence-electron chi connectivity index (χ2n) is 13.0. The second kappa shape index (κ2) is 19.5. The van der Waals surface area contributed by atoms with Crippen LogP contribution in [0.1, 0.15) is 16.7 Å². The molecule has 0 aliphatic carbocycles. The third-order valence-electron chi connectivity index (χ3n) is 8.93. The average molecular weight is 811 g/mol. The van der Waals surface area contributed by atoms with Crippen molar-refractivity contribution >= 4 is 36.1 Å². The summed E-state index contributed by atoms with van der Waals surface area (Å²) in [5.41, 5.74) is 1.42. The lowest BCUT2D eigenvalue weighted by atomic mass is 9.99. The van der Waals surface area contributed by atoms with Crippen LogP contribution in [0.15, 0.2) is 85.0 Å². The number of esters is 3. The van der Waals surface area contributed by atoms with Crippen molar-refractivity contribution in [2.45, 2.75) is 54.8 Å². The highest BCUT2D eigenvalue weighted by Gasteiger charge is 2.61. The molecular formula is C40H42O18. The Labute approximate surface area is 330 Å². The predicted octanol–water partition coefficient (Wildman–Crippen LogP) is 0.523. The molecule has 2 aliphatic rings. The minimum atomic E-state index is -2.61. The number of aliphatic hydroxyl groups excluding tert-OH is 5. The Hall–Kier alpha value is -5.83. The summed E-state index contributed by atoms with van der Waals surface area (Å²) in [6.45, 7) is -2.59. The summed E-state index contributed by atoms with van der Waals surface area (Å²) >= 11 is 0. The van der Waals surface area contributed by atoms with Gasteiger partial charge >= 0.3 is 17.9 Å². The van der Waals surface area contributed by atoms with Crippen molar-refractivity contribution in [2.75, 3.05) is 26.9 Å². The monoisotopic (exact) mass is 810 g/mol. The molecule has 8 N–H and O–H groups in total. The molecule has 0 saturated carbocycles. The van der Waals surface area contributed by atoms with E-state index < -0.39 is 92.5 Å². The van der Waals surface area contributed by atoms with Crippen molar-refractivity contribution in [3.8, 4) is 23.0 Å². The first-order valence-electron chi connectivity index (χ1n) is 17.6. The first-order chi connectivity index (χ1) is 27.7. The summed E-state index contributed by atoms with van der Waals surface area (Å²) in [5.74, 6) is -5.65. The van der Waals surface area contributed by atoms with Gasteiger partial charge in [0.05, 0.1) is 13.7 Å². The number of hydrogen-bond acceptors (Lipinski definition) is 18. The number of hydrogen-bond donors (Lipinski definition) is 8. The molecule has 18 heteroatoms. The van der Waals surface area contributed by atoms with Gasteiger partial charge in [-0.1, -0.05) is 30.3 Å². The lowest BCUT2D eigenvalue weighted by Crippen LogP contribution is -2.63. The molecule has 0 bridgehead atoms. The topological polar surface area (TPSA) is 278 Å². The summed E-state index contributed by atoms with van der Waals surface area (Å²) in [5, 5.41) is 82.2. The summed E-state index contributed by atoms with van der Waals surface area (Å²) in [4.78, 5) is 39.0. The van der Waals surface area contributed by atoms with Gasteiger partial charge in [-0.3, -0.25) is 0 Å². The first kappa shape index (κ1) is 43.3. The summed E-state index contributed by atoms with van der Waals surface area (Å²) in [6.07, 6.45) is -7.67. The summed E-state index contributed by atoms with van der Waals surface area (Å²) in [6, 6.07) is 15.8. The summed E-state index contributed by atoms with van der Waals surface area (Å²) in [7, 11) is 1.34. The number of benzene rings is 3. The molecule has 3 aromatic carbocycles. The number of rotatable bonds is 15. The maximum Gasteiger partial charge on any atom is 0.331 e. The van der Waals surface area contributed by atoms with E-state index in [2.05, 4.69) is 0 Å². The second-order valence-corrected chi connectivity index (χ2v) is 13.0. The smallest absolute Gasteiger partial charge is 0.331 e. The molecule has 58 heavy (non-hydrogen) atoms. The van der Waals surface area contributed by atoms with Crippen LogP contribution in [0.2, 0.25) is 0 Å². The molecule has 2 heterocycles. The Kier molecular flexibility index (Phi) is 14.6. The molecule has 0 radical (unpaired) electrons. The molecule has 9 atom stereocenters. The summed E-state index contributed by atoms with van der Waals surface area (Å²) < 4.78 is 38.8.